The number of hydrogen-bond acceptors (Lipinski definition) is 5. The number of phenols is 1. The summed E-state index contributed by atoms with van der Waals surface area (Å²) >= 11 is 0. The number of carbonyl (C=O) groups is 2. The highest BCUT2D eigenvalue weighted by atomic mass is 16.3. The molecule has 0 spiro atoms. The molecule has 1 unspecified atom stereocenters. The molecule has 1 atom stereocenters. The summed E-state index contributed by atoms with van der Waals surface area (Å²) in [5.74, 6) is -0.350. The fraction of sp³-hybridized carbons (Fsp3) is 0.0909. The van der Waals surface area contributed by atoms with Gasteiger partial charge >= 0.3 is 6.03 Å². The molecule has 0 aliphatic carbocycles. The average Bonchev–Trinajstić information content (AvgIpc) is 3.21. The van der Waals surface area contributed by atoms with Crippen LogP contribution in [-0.2, 0) is 4.79 Å². The molecule has 1 aliphatic heterocycles. The smallest absolute Gasteiger partial charge is 0.319 e. The van der Waals surface area contributed by atoms with Crippen molar-refractivity contribution in [2.75, 3.05) is 5.32 Å². The van der Waals surface area contributed by atoms with E-state index in [9.17, 15) is 14.7 Å². The van der Waals surface area contributed by atoms with Crippen LogP contribution in [0.5, 0.6) is 5.75 Å². The van der Waals surface area contributed by atoms with Gasteiger partial charge in [-0.1, -0.05) is 18.2 Å². The van der Waals surface area contributed by atoms with E-state index in [0.29, 0.717) is 28.2 Å². The molecule has 2 aromatic heterocycles. The van der Waals surface area contributed by atoms with Gasteiger partial charge in [-0.25, -0.2) is 9.78 Å². The SMILES string of the molecule is CC1=C(C(=O)Nc2ccc3[nH]ncc3c2)C(c2ccc3cccc(O)c3n2)NC(=O)N1. The molecule has 0 fully saturated rings. The Morgan fingerprint density at radius 1 is 1.13 bits per heavy atom. The minimum Gasteiger partial charge on any atom is -0.506 e. The van der Waals surface area contributed by atoms with Crippen molar-refractivity contribution in [2.45, 2.75) is 13.0 Å². The molecule has 5 N–H and O–H groups in total. The van der Waals surface area contributed by atoms with Crippen molar-refractivity contribution in [3.8, 4) is 5.75 Å². The maximum absolute atomic E-state index is 13.2. The van der Waals surface area contributed by atoms with Crippen molar-refractivity contribution in [3.63, 3.8) is 0 Å². The van der Waals surface area contributed by atoms with E-state index in [4.69, 9.17) is 0 Å². The second kappa shape index (κ2) is 7.13. The second-order valence-corrected chi connectivity index (χ2v) is 7.28. The Hall–Kier alpha value is -4.40. The molecule has 5 rings (SSSR count). The van der Waals surface area contributed by atoms with Crippen molar-refractivity contribution in [3.05, 3.63) is 71.7 Å². The van der Waals surface area contributed by atoms with Crippen LogP contribution in [0.1, 0.15) is 18.7 Å². The van der Waals surface area contributed by atoms with Crippen molar-refractivity contribution in [2.24, 2.45) is 0 Å². The molecule has 9 heteroatoms. The number of pyridine rings is 1. The maximum atomic E-state index is 13.2. The number of hydrogen-bond donors (Lipinski definition) is 5. The lowest BCUT2D eigenvalue weighted by Crippen LogP contribution is -2.46. The van der Waals surface area contributed by atoms with E-state index >= 15 is 0 Å². The molecule has 0 radical (unpaired) electrons. The third kappa shape index (κ3) is 3.31. The summed E-state index contributed by atoms with van der Waals surface area (Å²) in [6, 6.07) is 12.8. The van der Waals surface area contributed by atoms with Crippen LogP contribution in [0.2, 0.25) is 0 Å². The molecule has 4 aromatic rings. The third-order valence-corrected chi connectivity index (χ3v) is 5.23. The molecular formula is C22H18N6O3. The highest BCUT2D eigenvalue weighted by Crippen LogP contribution is 2.30. The molecule has 0 bridgehead atoms. The standard InChI is InChI=1S/C22H18N6O3/c1-11-18(21(30)25-14-6-8-15-13(9-14)10-23-28-15)20(27-22(31)24-11)16-7-5-12-3-2-4-17(29)19(12)26-16/h2-10,20,29H,1H3,(H,23,28)(H,25,30)(H2,24,27,31). The molecule has 31 heavy (non-hydrogen) atoms. The summed E-state index contributed by atoms with van der Waals surface area (Å²) in [5.41, 5.74) is 3.05. The monoisotopic (exact) mass is 414 g/mol. The molecule has 3 heterocycles. The first kappa shape index (κ1) is 18.6. The zero-order valence-electron chi connectivity index (χ0n) is 16.4. The van der Waals surface area contributed by atoms with Gasteiger partial charge in [0.1, 0.15) is 17.3 Å². The first-order valence-electron chi connectivity index (χ1n) is 9.61. The zero-order valence-corrected chi connectivity index (χ0v) is 16.4. The van der Waals surface area contributed by atoms with Gasteiger partial charge in [-0.3, -0.25) is 9.89 Å². The van der Waals surface area contributed by atoms with Gasteiger partial charge in [0.15, 0.2) is 0 Å². The Morgan fingerprint density at radius 2 is 2.00 bits per heavy atom. The number of aromatic hydroxyl groups is 1. The largest absolute Gasteiger partial charge is 0.506 e. The van der Waals surface area contributed by atoms with Crippen LogP contribution in [0.25, 0.3) is 21.8 Å². The van der Waals surface area contributed by atoms with E-state index in [0.717, 1.165) is 16.3 Å². The Kier molecular flexibility index (Phi) is 4.28. The van der Waals surface area contributed by atoms with Crippen molar-refractivity contribution < 1.29 is 14.7 Å². The molecule has 0 saturated heterocycles. The molecule has 154 valence electrons. The number of urea groups is 1. The van der Waals surface area contributed by atoms with Crippen molar-refractivity contribution >= 4 is 39.4 Å². The Bertz CT molecular complexity index is 1390. The lowest BCUT2D eigenvalue weighted by atomic mass is 9.97. The van der Waals surface area contributed by atoms with E-state index in [-0.39, 0.29) is 11.7 Å². The number of fused-ring (bicyclic) bond motifs is 2. The lowest BCUT2D eigenvalue weighted by Gasteiger charge is -2.28. The summed E-state index contributed by atoms with van der Waals surface area (Å²) in [7, 11) is 0. The number of phenolic OH excluding ortho intramolecular Hbond substituents is 1. The second-order valence-electron chi connectivity index (χ2n) is 7.28. The Labute approximate surface area is 176 Å². The number of amides is 3. The number of carbonyl (C=O) groups excluding carboxylic acids is 2. The Balaban J connectivity index is 1.53. The molecular weight excluding hydrogens is 396 g/mol. The van der Waals surface area contributed by atoms with Gasteiger partial charge in [-0.05, 0) is 37.3 Å². The molecule has 1 aliphatic rings. The molecule has 3 amide bonds. The summed E-state index contributed by atoms with van der Waals surface area (Å²) in [6.45, 7) is 1.67. The van der Waals surface area contributed by atoms with Crippen LogP contribution in [-0.4, -0.2) is 32.2 Å². The van der Waals surface area contributed by atoms with Crippen LogP contribution in [0.4, 0.5) is 10.5 Å². The number of benzene rings is 2. The average molecular weight is 414 g/mol. The quantitative estimate of drug-likeness (QED) is 0.351. The van der Waals surface area contributed by atoms with E-state index in [1.807, 2.05) is 18.2 Å². The third-order valence-electron chi connectivity index (χ3n) is 5.23. The molecule has 0 saturated carbocycles. The number of anilines is 1. The summed E-state index contributed by atoms with van der Waals surface area (Å²) in [6.07, 6.45) is 1.67. The fourth-order valence-electron chi connectivity index (χ4n) is 3.74. The van der Waals surface area contributed by atoms with E-state index in [2.05, 4.69) is 31.1 Å². The lowest BCUT2D eigenvalue weighted by molar-refractivity contribution is -0.113. The first-order valence-corrected chi connectivity index (χ1v) is 9.61. The van der Waals surface area contributed by atoms with Crippen LogP contribution in [0, 0.1) is 0 Å². The zero-order chi connectivity index (χ0) is 21.5. The topological polar surface area (TPSA) is 132 Å². The van der Waals surface area contributed by atoms with Crippen molar-refractivity contribution in [1.29, 1.82) is 0 Å². The van der Waals surface area contributed by atoms with Gasteiger partial charge in [-0.2, -0.15) is 5.10 Å². The van der Waals surface area contributed by atoms with Gasteiger partial charge in [0.2, 0.25) is 0 Å². The number of aromatic nitrogens is 3. The van der Waals surface area contributed by atoms with E-state index in [1.165, 1.54) is 0 Å². The van der Waals surface area contributed by atoms with Gasteiger partial charge < -0.3 is 21.1 Å². The number of allylic oxidation sites excluding steroid dienone is 1. The van der Waals surface area contributed by atoms with Crippen molar-refractivity contribution in [1.82, 2.24) is 25.8 Å². The number of aromatic amines is 1. The van der Waals surface area contributed by atoms with Gasteiger partial charge in [-0.15, -0.1) is 0 Å². The number of para-hydroxylation sites is 1. The first-order chi connectivity index (χ1) is 15.0. The predicted molar refractivity (Wildman–Crippen MR) is 115 cm³/mol. The minimum atomic E-state index is -0.782. The predicted octanol–water partition coefficient (Wildman–Crippen LogP) is 3.08. The van der Waals surface area contributed by atoms with Crippen LogP contribution < -0.4 is 16.0 Å². The van der Waals surface area contributed by atoms with Crippen LogP contribution >= 0.6 is 0 Å². The molecule has 2 aromatic carbocycles. The summed E-state index contributed by atoms with van der Waals surface area (Å²) in [4.78, 5) is 29.9. The summed E-state index contributed by atoms with van der Waals surface area (Å²) < 4.78 is 0. The van der Waals surface area contributed by atoms with Crippen LogP contribution in [0.3, 0.4) is 0 Å². The molecule has 9 nitrogen and oxygen atoms in total. The number of nitrogens with one attached hydrogen (secondary N) is 4. The van der Waals surface area contributed by atoms with Gasteiger partial charge in [0, 0.05) is 22.2 Å². The van der Waals surface area contributed by atoms with E-state index < -0.39 is 12.1 Å². The fourth-order valence-corrected chi connectivity index (χ4v) is 3.74. The van der Waals surface area contributed by atoms with Gasteiger partial charge in [0.05, 0.1) is 23.0 Å². The Morgan fingerprint density at radius 3 is 2.87 bits per heavy atom. The highest BCUT2D eigenvalue weighted by molar-refractivity contribution is 6.07. The van der Waals surface area contributed by atoms with E-state index in [1.54, 1.807) is 43.5 Å². The number of H-pyrrole nitrogens is 1. The van der Waals surface area contributed by atoms with Crippen LogP contribution in [0.15, 0.2) is 66.0 Å². The highest BCUT2D eigenvalue weighted by Gasteiger charge is 2.32. The normalized spacial score (nSPS) is 16.3. The number of nitrogens with zero attached hydrogens (tertiary/aromatic N) is 2. The maximum Gasteiger partial charge on any atom is 0.319 e. The summed E-state index contributed by atoms with van der Waals surface area (Å²) in [5, 5.41) is 26.9. The minimum absolute atomic E-state index is 0.0275. The number of rotatable bonds is 3. The van der Waals surface area contributed by atoms with Gasteiger partial charge in [0.25, 0.3) is 5.91 Å².